The summed E-state index contributed by atoms with van der Waals surface area (Å²) in [6.45, 7) is 12.0. The van der Waals surface area contributed by atoms with Crippen LogP contribution < -0.4 is 76.9 Å². The van der Waals surface area contributed by atoms with E-state index in [1.165, 1.54) is 6.92 Å². The van der Waals surface area contributed by atoms with E-state index in [2.05, 4.69) is 57.5 Å². The van der Waals surface area contributed by atoms with Gasteiger partial charge in [-0.15, -0.1) is 0 Å². The number of nitrogens with two attached hydrogens (primary N) is 6. The molecule has 8 atom stereocenters. The Morgan fingerprint density at radius 1 is 0.577 bits per heavy atom. The van der Waals surface area contributed by atoms with E-state index in [1.54, 1.807) is 20.0 Å². The largest absolute Gasteiger partial charge is 0.480 e. The first-order valence-corrected chi connectivity index (χ1v) is 26.5. The molecule has 0 saturated heterocycles. The van der Waals surface area contributed by atoms with Crippen LogP contribution >= 0.6 is 0 Å². The minimum atomic E-state index is -1.35. The third-order valence-electron chi connectivity index (χ3n) is 12.3. The second kappa shape index (κ2) is 34.3. The van der Waals surface area contributed by atoms with Crippen molar-refractivity contribution in [3.63, 3.8) is 0 Å². The summed E-state index contributed by atoms with van der Waals surface area (Å²) in [6, 6.07) is -2.36. The van der Waals surface area contributed by atoms with E-state index in [-0.39, 0.29) is 88.3 Å². The Morgan fingerprint density at radius 2 is 1.05 bits per heavy atom. The molecule has 0 fully saturated rings. The standard InChI is InChI=1S/C51H87N17O10/c1-27(2)22-37(65-44(72)36(18-13-21-59-51(56)57)63-42(70)33(53)15-12-20-58-50(54)55)45(73)67-39(24-31-25-60-34-16-9-8-14-32(31)34)46(74)64-35(17-10-11-19-52)43(71)66-38(23-28(3)4)47(75)68-41(29(5)6)48(76)61-26-40(69)62-30(7)49(77)78/h8-9,14,16,25,27-30,33,35-39,41,60H,10-13,15,17-24,26,52-53H2,1-7H3,(H,61,76)(H,62,69)(H,63,70)(H,64,74)(H,65,72)(H,66,71)(H,67,73)(H,68,75)(H,77,78)(H4,54,55,58)(H4,56,57,59)/t30-,33-,35-,36-,37-,38-,39-,41-/m0/s1. The molecule has 0 aliphatic heterocycles. The summed E-state index contributed by atoms with van der Waals surface area (Å²) in [5.74, 6) is -8.19. The smallest absolute Gasteiger partial charge is 0.325 e. The van der Waals surface area contributed by atoms with Crippen molar-refractivity contribution in [2.24, 2.45) is 62.1 Å². The first-order chi connectivity index (χ1) is 36.7. The van der Waals surface area contributed by atoms with Crippen LogP contribution in [0.2, 0.25) is 0 Å². The number of carboxylic acids is 1. The van der Waals surface area contributed by atoms with E-state index in [0.717, 1.165) is 10.9 Å². The van der Waals surface area contributed by atoms with Crippen molar-refractivity contribution in [3.8, 4) is 0 Å². The van der Waals surface area contributed by atoms with Gasteiger partial charge in [0, 0.05) is 36.6 Å². The molecule has 0 aliphatic rings. The molecule has 436 valence electrons. The summed E-state index contributed by atoms with van der Waals surface area (Å²) in [7, 11) is 0. The minimum absolute atomic E-state index is 0.0503. The molecule has 8 amide bonds. The summed E-state index contributed by atoms with van der Waals surface area (Å²) in [5.41, 5.74) is 35.2. The van der Waals surface area contributed by atoms with Crippen molar-refractivity contribution in [1.82, 2.24) is 47.5 Å². The summed E-state index contributed by atoms with van der Waals surface area (Å²) in [5, 5.41) is 31.1. The molecule has 1 heterocycles. The number of fused-ring (bicyclic) bond motifs is 1. The summed E-state index contributed by atoms with van der Waals surface area (Å²) < 4.78 is 0. The van der Waals surface area contributed by atoms with Gasteiger partial charge in [0.25, 0.3) is 0 Å². The average molecular weight is 1100 g/mol. The van der Waals surface area contributed by atoms with E-state index >= 15 is 0 Å². The van der Waals surface area contributed by atoms with Gasteiger partial charge in [-0.1, -0.05) is 59.7 Å². The van der Waals surface area contributed by atoms with Gasteiger partial charge in [-0.3, -0.25) is 53.1 Å². The number of H-pyrrole nitrogens is 1. The summed E-state index contributed by atoms with van der Waals surface area (Å²) in [4.78, 5) is 133. The van der Waals surface area contributed by atoms with Crippen molar-refractivity contribution in [2.45, 2.75) is 161 Å². The fourth-order valence-electron chi connectivity index (χ4n) is 8.11. The fourth-order valence-corrected chi connectivity index (χ4v) is 8.11. The average Bonchev–Trinajstić information content (AvgIpc) is 3.77. The number of rotatable bonds is 36. The number of carboxylic acid groups (broad SMARTS) is 1. The van der Waals surface area contributed by atoms with Crippen LogP contribution in [0.1, 0.15) is 112 Å². The maximum atomic E-state index is 14.7. The molecule has 1 aromatic carbocycles. The monoisotopic (exact) mass is 1100 g/mol. The number of aliphatic imine (C=N–C) groups is 2. The molecule has 0 aliphatic carbocycles. The lowest BCUT2D eigenvalue weighted by atomic mass is 9.98. The van der Waals surface area contributed by atoms with E-state index in [9.17, 15) is 43.2 Å². The Labute approximate surface area is 455 Å². The number of carbonyl (C=O) groups excluding carboxylic acids is 8. The van der Waals surface area contributed by atoms with Crippen molar-refractivity contribution in [2.75, 3.05) is 26.2 Å². The van der Waals surface area contributed by atoms with Crippen LogP contribution in [0.25, 0.3) is 10.9 Å². The molecule has 0 unspecified atom stereocenters. The van der Waals surface area contributed by atoms with E-state index in [1.807, 2.05) is 52.0 Å². The Hall–Kier alpha value is -7.55. The molecular formula is C51H87N17O10. The highest BCUT2D eigenvalue weighted by Crippen LogP contribution is 2.20. The SMILES string of the molecule is CC(C)C[C@H](NC(=O)[C@H](CCCN=C(N)N)NC(=O)[C@@H](N)CCCN=C(N)N)C(=O)N[C@@H](Cc1c[nH]c2ccccc12)C(=O)N[C@@H](CCCCN)C(=O)N[C@@H](CC(C)C)C(=O)N[C@H](C(=O)NCC(=O)N[C@@H](C)C(=O)O)C(C)C. The molecule has 0 radical (unpaired) electrons. The summed E-state index contributed by atoms with van der Waals surface area (Å²) >= 11 is 0. The third kappa shape index (κ3) is 24.6. The number of aromatic nitrogens is 1. The predicted octanol–water partition coefficient (Wildman–Crippen LogP) is -2.36. The van der Waals surface area contributed by atoms with Crippen molar-refractivity contribution in [1.29, 1.82) is 0 Å². The number of guanidine groups is 2. The Balaban J connectivity index is 2.51. The van der Waals surface area contributed by atoms with Crippen molar-refractivity contribution >= 4 is 76.0 Å². The first kappa shape index (κ1) is 66.6. The summed E-state index contributed by atoms with van der Waals surface area (Å²) in [6.07, 6.45) is 3.61. The zero-order chi connectivity index (χ0) is 58.6. The van der Waals surface area contributed by atoms with Gasteiger partial charge in [0.05, 0.1) is 12.6 Å². The van der Waals surface area contributed by atoms with E-state index < -0.39 is 114 Å². The highest BCUT2D eigenvalue weighted by Gasteiger charge is 2.35. The second-order valence-electron chi connectivity index (χ2n) is 20.5. The lowest BCUT2D eigenvalue weighted by Gasteiger charge is -2.29. The number of nitrogens with zero attached hydrogens (tertiary/aromatic N) is 2. The molecule has 27 heteroatoms. The van der Waals surface area contributed by atoms with Crippen LogP contribution in [0.15, 0.2) is 40.4 Å². The number of unbranched alkanes of at least 4 members (excludes halogenated alkanes) is 1. The Kier molecular flexibility index (Phi) is 29.2. The van der Waals surface area contributed by atoms with E-state index in [4.69, 9.17) is 39.5 Å². The van der Waals surface area contributed by atoms with Gasteiger partial charge < -0.3 is 87.0 Å². The molecule has 1 aromatic heterocycles. The number of amides is 8. The van der Waals surface area contributed by atoms with Gasteiger partial charge in [-0.2, -0.15) is 0 Å². The van der Waals surface area contributed by atoms with Gasteiger partial charge in [0.15, 0.2) is 11.9 Å². The normalized spacial score (nSPS) is 14.3. The zero-order valence-corrected chi connectivity index (χ0v) is 46.1. The van der Waals surface area contributed by atoms with Gasteiger partial charge in [-0.05, 0) is 101 Å². The third-order valence-corrected chi connectivity index (χ3v) is 12.3. The number of hydrogen-bond acceptors (Lipinski definition) is 13. The van der Waals surface area contributed by atoms with Crippen LogP contribution in [-0.4, -0.2) is 150 Å². The van der Waals surface area contributed by atoms with Crippen molar-refractivity contribution < 1.29 is 48.3 Å². The second-order valence-corrected chi connectivity index (χ2v) is 20.5. The van der Waals surface area contributed by atoms with Gasteiger partial charge in [0.2, 0.25) is 47.3 Å². The van der Waals surface area contributed by atoms with Gasteiger partial charge >= 0.3 is 5.97 Å². The van der Waals surface area contributed by atoms with Crippen LogP contribution in [-0.2, 0) is 49.6 Å². The van der Waals surface area contributed by atoms with Crippen LogP contribution in [0.3, 0.4) is 0 Å². The maximum Gasteiger partial charge on any atom is 0.325 e. The Bertz CT molecular complexity index is 2370. The zero-order valence-electron chi connectivity index (χ0n) is 46.1. The first-order valence-electron chi connectivity index (χ1n) is 26.5. The number of para-hydroxylation sites is 1. The van der Waals surface area contributed by atoms with Crippen LogP contribution in [0.4, 0.5) is 0 Å². The molecule has 0 saturated carbocycles. The maximum absolute atomic E-state index is 14.7. The molecule has 0 spiro atoms. The number of hydrogen-bond donors (Lipinski definition) is 16. The number of benzene rings is 1. The molecular weight excluding hydrogens is 1010 g/mol. The minimum Gasteiger partial charge on any atom is -0.480 e. The van der Waals surface area contributed by atoms with Gasteiger partial charge in [0.1, 0.15) is 42.3 Å². The highest BCUT2D eigenvalue weighted by atomic mass is 16.4. The number of nitrogens with one attached hydrogen (secondary N) is 9. The molecule has 0 bridgehead atoms. The van der Waals surface area contributed by atoms with Gasteiger partial charge in [-0.25, -0.2) is 0 Å². The highest BCUT2D eigenvalue weighted by molar-refractivity contribution is 5.98. The molecule has 27 nitrogen and oxygen atoms in total. The number of aliphatic carboxylic acids is 1. The molecule has 2 rings (SSSR count). The predicted molar refractivity (Wildman–Crippen MR) is 296 cm³/mol. The quantitative estimate of drug-likeness (QED) is 0.0193. The van der Waals surface area contributed by atoms with Crippen LogP contribution in [0, 0.1) is 17.8 Å². The number of aromatic amines is 1. The molecule has 2 aromatic rings. The number of carbonyl (C=O) groups is 9. The lowest BCUT2D eigenvalue weighted by Crippen LogP contribution is -2.60. The van der Waals surface area contributed by atoms with Crippen LogP contribution in [0.5, 0.6) is 0 Å². The lowest BCUT2D eigenvalue weighted by molar-refractivity contribution is -0.141. The Morgan fingerprint density at radius 3 is 1.58 bits per heavy atom. The van der Waals surface area contributed by atoms with Crippen molar-refractivity contribution in [3.05, 3.63) is 36.0 Å². The van der Waals surface area contributed by atoms with E-state index in [0.29, 0.717) is 24.8 Å². The fraction of sp³-hybridized carbons (Fsp3) is 0.627. The topological polar surface area (TPSA) is 467 Å². The molecule has 22 N–H and O–H groups in total. The molecule has 78 heavy (non-hydrogen) atoms.